The van der Waals surface area contributed by atoms with Gasteiger partial charge >= 0.3 is 0 Å². The van der Waals surface area contributed by atoms with Crippen LogP contribution in [0.3, 0.4) is 0 Å². The molecule has 1 fully saturated rings. The van der Waals surface area contributed by atoms with Crippen LogP contribution in [0, 0.1) is 0 Å². The molecule has 1 aliphatic heterocycles. The number of fused-ring (bicyclic) bond motifs is 1. The highest BCUT2D eigenvalue weighted by molar-refractivity contribution is 5.92. The second-order valence-electron chi connectivity index (χ2n) is 7.00. The summed E-state index contributed by atoms with van der Waals surface area (Å²) in [5.41, 5.74) is 1.25. The molecule has 0 aliphatic carbocycles. The van der Waals surface area contributed by atoms with E-state index < -0.39 is 0 Å². The summed E-state index contributed by atoms with van der Waals surface area (Å²) in [7, 11) is 1.65. The van der Waals surface area contributed by atoms with Gasteiger partial charge in [-0.05, 0) is 42.6 Å². The number of carbonyl (C=O) groups is 1. The highest BCUT2D eigenvalue weighted by Crippen LogP contribution is 2.27. The van der Waals surface area contributed by atoms with Crippen LogP contribution in [0.25, 0.3) is 10.8 Å². The minimum absolute atomic E-state index is 0.0820. The third-order valence-electron chi connectivity index (χ3n) is 5.07. The topological polar surface area (TPSA) is 92.3 Å². The number of carbonyl (C=O) groups excluding carboxylic acids is 1. The van der Waals surface area contributed by atoms with Gasteiger partial charge in [0.05, 0.1) is 18.8 Å². The first-order valence-electron chi connectivity index (χ1n) is 9.68. The molecule has 1 amide bonds. The van der Waals surface area contributed by atoms with Crippen LogP contribution in [0.5, 0.6) is 5.75 Å². The van der Waals surface area contributed by atoms with Crippen molar-refractivity contribution in [1.82, 2.24) is 25.4 Å². The van der Waals surface area contributed by atoms with Gasteiger partial charge < -0.3 is 20.3 Å². The highest BCUT2D eigenvalue weighted by atomic mass is 16.5. The van der Waals surface area contributed by atoms with E-state index in [1.165, 1.54) is 0 Å². The van der Waals surface area contributed by atoms with Gasteiger partial charge in [0.25, 0.3) is 5.91 Å². The molecular formula is C21H24N6O2. The molecule has 8 heteroatoms. The molecule has 2 N–H and O–H groups in total. The number of piperazine rings is 1. The number of aromatic nitrogens is 3. The van der Waals surface area contributed by atoms with E-state index in [0.717, 1.165) is 35.3 Å². The summed E-state index contributed by atoms with van der Waals surface area (Å²) >= 11 is 0. The fourth-order valence-corrected chi connectivity index (χ4v) is 3.49. The lowest BCUT2D eigenvalue weighted by Gasteiger charge is -2.26. The minimum Gasteiger partial charge on any atom is -0.497 e. The molecule has 1 saturated heterocycles. The Bertz CT molecular complexity index is 1000. The molecule has 150 valence electrons. The van der Waals surface area contributed by atoms with Crippen molar-refractivity contribution in [2.75, 3.05) is 38.6 Å². The molecule has 8 nitrogen and oxygen atoms in total. The lowest BCUT2D eigenvalue weighted by Crippen LogP contribution is -2.46. The number of hydrogen-bond donors (Lipinski definition) is 2. The van der Waals surface area contributed by atoms with Gasteiger partial charge in [0, 0.05) is 37.8 Å². The third-order valence-corrected chi connectivity index (χ3v) is 5.07. The maximum Gasteiger partial charge on any atom is 0.274 e. The number of ether oxygens (including phenoxy) is 1. The largest absolute Gasteiger partial charge is 0.497 e. The van der Waals surface area contributed by atoms with E-state index in [1.54, 1.807) is 30.3 Å². The number of nitrogens with zero attached hydrogens (tertiary/aromatic N) is 4. The van der Waals surface area contributed by atoms with Gasteiger partial charge in [0.15, 0.2) is 5.69 Å². The first-order valence-corrected chi connectivity index (χ1v) is 9.68. The van der Waals surface area contributed by atoms with E-state index in [1.807, 2.05) is 31.2 Å². The number of benzene rings is 1. The maximum atomic E-state index is 12.5. The zero-order valence-corrected chi connectivity index (χ0v) is 16.6. The van der Waals surface area contributed by atoms with Crippen LogP contribution < -0.4 is 15.4 Å². The molecule has 0 bridgehead atoms. The number of hydrogen-bond acceptors (Lipinski definition) is 7. The van der Waals surface area contributed by atoms with Gasteiger partial charge in [0.1, 0.15) is 11.6 Å². The van der Waals surface area contributed by atoms with Crippen molar-refractivity contribution in [2.45, 2.75) is 13.0 Å². The van der Waals surface area contributed by atoms with Crippen molar-refractivity contribution in [3.8, 4) is 5.75 Å². The van der Waals surface area contributed by atoms with E-state index in [2.05, 4.69) is 25.8 Å². The van der Waals surface area contributed by atoms with Gasteiger partial charge in [0.2, 0.25) is 0 Å². The van der Waals surface area contributed by atoms with Crippen molar-refractivity contribution < 1.29 is 9.53 Å². The number of rotatable bonds is 5. The number of amides is 1. The molecule has 29 heavy (non-hydrogen) atoms. The van der Waals surface area contributed by atoms with Crippen LogP contribution in [0.1, 0.15) is 29.1 Å². The van der Waals surface area contributed by atoms with Gasteiger partial charge in [-0.1, -0.05) is 6.07 Å². The Balaban J connectivity index is 1.51. The van der Waals surface area contributed by atoms with Crippen LogP contribution in [0.4, 0.5) is 5.82 Å². The molecule has 3 aromatic rings. The van der Waals surface area contributed by atoms with Gasteiger partial charge in [-0.25, -0.2) is 0 Å². The summed E-state index contributed by atoms with van der Waals surface area (Å²) in [6.07, 6.45) is 1.79. The van der Waals surface area contributed by atoms with Crippen LogP contribution in [0.2, 0.25) is 0 Å². The summed E-state index contributed by atoms with van der Waals surface area (Å²) in [6, 6.07) is 11.3. The Labute approximate surface area is 169 Å². The zero-order valence-electron chi connectivity index (χ0n) is 16.6. The molecule has 1 unspecified atom stereocenters. The molecular weight excluding hydrogens is 368 g/mol. The van der Waals surface area contributed by atoms with E-state index in [9.17, 15) is 4.79 Å². The quantitative estimate of drug-likeness (QED) is 0.688. The zero-order chi connectivity index (χ0) is 20.2. The predicted molar refractivity (Wildman–Crippen MR) is 111 cm³/mol. The van der Waals surface area contributed by atoms with Crippen LogP contribution in [-0.4, -0.2) is 59.3 Å². The van der Waals surface area contributed by atoms with Crippen molar-refractivity contribution in [3.63, 3.8) is 0 Å². The van der Waals surface area contributed by atoms with Gasteiger partial charge in [-0.3, -0.25) is 9.78 Å². The summed E-state index contributed by atoms with van der Waals surface area (Å²) in [4.78, 5) is 18.9. The number of pyridine rings is 1. The molecule has 1 aliphatic rings. The predicted octanol–water partition coefficient (Wildman–Crippen LogP) is 2.25. The molecule has 0 radical (unpaired) electrons. The summed E-state index contributed by atoms with van der Waals surface area (Å²) in [5, 5.41) is 17.0. The van der Waals surface area contributed by atoms with Crippen molar-refractivity contribution in [3.05, 3.63) is 54.0 Å². The number of methoxy groups -OCH3 is 1. The van der Waals surface area contributed by atoms with Crippen LogP contribution >= 0.6 is 0 Å². The summed E-state index contributed by atoms with van der Waals surface area (Å²) in [5.74, 6) is 1.30. The van der Waals surface area contributed by atoms with E-state index in [-0.39, 0.29) is 11.9 Å². The molecule has 1 atom stereocenters. The second kappa shape index (κ2) is 8.40. The average molecular weight is 392 g/mol. The Hall–Kier alpha value is -3.26. The third kappa shape index (κ3) is 4.12. The monoisotopic (exact) mass is 392 g/mol. The fourth-order valence-electron chi connectivity index (χ4n) is 3.49. The smallest absolute Gasteiger partial charge is 0.274 e. The van der Waals surface area contributed by atoms with Crippen LogP contribution in [-0.2, 0) is 0 Å². The normalized spacial score (nSPS) is 15.2. The Kier molecular flexibility index (Phi) is 5.53. The van der Waals surface area contributed by atoms with Crippen molar-refractivity contribution in [1.29, 1.82) is 0 Å². The number of anilines is 1. The highest BCUT2D eigenvalue weighted by Gasteiger charge is 2.20. The second-order valence-corrected chi connectivity index (χ2v) is 7.00. The first kappa shape index (κ1) is 19.1. The first-order chi connectivity index (χ1) is 14.2. The molecule has 2 aromatic heterocycles. The lowest BCUT2D eigenvalue weighted by molar-refractivity contribution is 0.0728. The molecule has 0 spiro atoms. The SMILES string of the molecule is COc1ccc2ccnc(C(C)Nc3ccc(C(=O)N4CCNCC4)nn3)c2c1. The Morgan fingerprint density at radius 1 is 1.17 bits per heavy atom. The maximum absolute atomic E-state index is 12.5. The average Bonchev–Trinajstić information content (AvgIpc) is 2.78. The minimum atomic E-state index is -0.102. The van der Waals surface area contributed by atoms with Gasteiger partial charge in [-0.2, -0.15) is 0 Å². The molecule has 3 heterocycles. The molecule has 1 aromatic carbocycles. The molecule has 0 saturated carbocycles. The molecule has 4 rings (SSSR count). The standard InChI is InChI=1S/C21H24N6O2/c1-14(20-17-13-16(29-2)4-3-15(17)7-8-23-20)24-19-6-5-18(25-26-19)21(28)27-11-9-22-10-12-27/h3-8,13-14,22H,9-12H2,1-2H3,(H,24,26). The number of nitrogens with one attached hydrogen (secondary N) is 2. The Morgan fingerprint density at radius 3 is 2.72 bits per heavy atom. The Morgan fingerprint density at radius 2 is 2.00 bits per heavy atom. The van der Waals surface area contributed by atoms with E-state index in [0.29, 0.717) is 24.6 Å². The lowest BCUT2D eigenvalue weighted by atomic mass is 10.1. The summed E-state index contributed by atoms with van der Waals surface area (Å²) < 4.78 is 5.35. The fraction of sp³-hybridized carbons (Fsp3) is 0.333. The van der Waals surface area contributed by atoms with Crippen molar-refractivity contribution in [2.24, 2.45) is 0 Å². The van der Waals surface area contributed by atoms with Crippen LogP contribution in [0.15, 0.2) is 42.6 Å². The van der Waals surface area contributed by atoms with Crippen molar-refractivity contribution >= 4 is 22.5 Å². The van der Waals surface area contributed by atoms with E-state index >= 15 is 0 Å². The summed E-state index contributed by atoms with van der Waals surface area (Å²) in [6.45, 7) is 5.00. The van der Waals surface area contributed by atoms with E-state index in [4.69, 9.17) is 4.74 Å². The van der Waals surface area contributed by atoms with Gasteiger partial charge in [-0.15, -0.1) is 10.2 Å².